The number of aromatic nitrogens is 2. The first-order chi connectivity index (χ1) is 9.03. The molecule has 0 bridgehead atoms. The van der Waals surface area contributed by atoms with Gasteiger partial charge in [0.05, 0.1) is 25.0 Å². The third-order valence-corrected chi connectivity index (χ3v) is 4.38. The van der Waals surface area contributed by atoms with Crippen LogP contribution in [0.2, 0.25) is 0 Å². The van der Waals surface area contributed by atoms with E-state index in [-0.39, 0.29) is 18.0 Å². The van der Waals surface area contributed by atoms with Gasteiger partial charge in [0.2, 0.25) is 0 Å². The zero-order chi connectivity index (χ0) is 13.9. The third-order valence-electron chi connectivity index (χ3n) is 2.37. The number of hydrogen-bond acceptors (Lipinski definition) is 4. The summed E-state index contributed by atoms with van der Waals surface area (Å²) in [4.78, 5) is 0.0525. The molecule has 1 aromatic heterocycles. The van der Waals surface area contributed by atoms with Crippen LogP contribution in [0.4, 0.5) is 5.69 Å². The molecule has 1 heterocycles. The lowest BCUT2D eigenvalue weighted by molar-refractivity contribution is 0.269. The van der Waals surface area contributed by atoms with E-state index in [0.29, 0.717) is 10.2 Å². The minimum Gasteiger partial charge on any atom is -0.394 e. The summed E-state index contributed by atoms with van der Waals surface area (Å²) in [6.45, 7) is 0.156. The number of halogens is 1. The Balaban J connectivity index is 2.25. The Morgan fingerprint density at radius 2 is 2.11 bits per heavy atom. The number of anilines is 1. The highest BCUT2D eigenvalue weighted by Gasteiger charge is 2.17. The van der Waals surface area contributed by atoms with Crippen molar-refractivity contribution in [1.29, 1.82) is 0 Å². The lowest BCUT2D eigenvalue weighted by Gasteiger charge is -2.07. The van der Waals surface area contributed by atoms with Crippen molar-refractivity contribution in [3.63, 3.8) is 0 Å². The van der Waals surface area contributed by atoms with E-state index in [9.17, 15) is 8.42 Å². The highest BCUT2D eigenvalue weighted by atomic mass is 79.9. The van der Waals surface area contributed by atoms with Gasteiger partial charge in [0.1, 0.15) is 4.90 Å². The molecular formula is C11H12BrN3O3S. The molecule has 102 valence electrons. The molecule has 2 N–H and O–H groups in total. The summed E-state index contributed by atoms with van der Waals surface area (Å²) in [6, 6.07) is 6.92. The van der Waals surface area contributed by atoms with Crippen LogP contribution in [0.25, 0.3) is 0 Å². The Kier molecular flexibility index (Phi) is 4.23. The molecule has 8 heteroatoms. The Morgan fingerprint density at radius 1 is 1.37 bits per heavy atom. The fourth-order valence-corrected chi connectivity index (χ4v) is 3.00. The Labute approximate surface area is 119 Å². The highest BCUT2D eigenvalue weighted by Crippen LogP contribution is 2.24. The van der Waals surface area contributed by atoms with Gasteiger partial charge in [0, 0.05) is 10.7 Å². The number of sulfonamides is 1. The van der Waals surface area contributed by atoms with Gasteiger partial charge in [-0.1, -0.05) is 12.1 Å². The van der Waals surface area contributed by atoms with Gasteiger partial charge in [-0.3, -0.25) is 9.40 Å². The minimum absolute atomic E-state index is 0.0525. The summed E-state index contributed by atoms with van der Waals surface area (Å²) in [7, 11) is -3.68. The topological polar surface area (TPSA) is 84.2 Å². The fraction of sp³-hybridized carbons (Fsp3) is 0.182. The van der Waals surface area contributed by atoms with Gasteiger partial charge >= 0.3 is 0 Å². The molecule has 19 heavy (non-hydrogen) atoms. The number of aliphatic hydroxyl groups is 1. The van der Waals surface area contributed by atoms with E-state index < -0.39 is 10.0 Å². The summed E-state index contributed by atoms with van der Waals surface area (Å²) in [5.41, 5.74) is 0.456. The maximum Gasteiger partial charge on any atom is 0.265 e. The average Bonchev–Trinajstić information content (AvgIpc) is 2.82. The van der Waals surface area contributed by atoms with E-state index >= 15 is 0 Å². The van der Waals surface area contributed by atoms with Crippen LogP contribution in [0, 0.1) is 0 Å². The molecule has 0 fully saturated rings. The molecule has 0 aliphatic rings. The standard InChI is InChI=1S/C11H12BrN3O3S/c12-10-3-1-2-4-11(10)14-19(17,18)9-7-13-15(8-9)5-6-16/h1-4,7-8,14,16H,5-6H2. The van der Waals surface area contributed by atoms with Gasteiger partial charge in [-0.05, 0) is 28.1 Å². The molecule has 0 aliphatic heterocycles. The molecule has 0 saturated carbocycles. The van der Waals surface area contributed by atoms with Crippen molar-refractivity contribution >= 4 is 31.6 Å². The molecule has 0 spiro atoms. The normalized spacial score (nSPS) is 11.5. The Morgan fingerprint density at radius 3 is 2.79 bits per heavy atom. The summed E-state index contributed by atoms with van der Waals surface area (Å²) < 4.78 is 28.7. The van der Waals surface area contributed by atoms with E-state index in [2.05, 4.69) is 25.8 Å². The number of hydrogen-bond donors (Lipinski definition) is 2. The van der Waals surface area contributed by atoms with Gasteiger partial charge in [-0.25, -0.2) is 8.42 Å². The maximum atomic E-state index is 12.1. The monoisotopic (exact) mass is 345 g/mol. The van der Waals surface area contributed by atoms with Gasteiger partial charge in [-0.2, -0.15) is 5.10 Å². The zero-order valence-corrected chi connectivity index (χ0v) is 12.2. The van der Waals surface area contributed by atoms with Crippen LogP contribution in [-0.4, -0.2) is 29.9 Å². The molecule has 0 radical (unpaired) electrons. The predicted molar refractivity (Wildman–Crippen MR) is 74.3 cm³/mol. The van der Waals surface area contributed by atoms with Gasteiger partial charge in [-0.15, -0.1) is 0 Å². The van der Waals surface area contributed by atoms with Crippen LogP contribution in [-0.2, 0) is 16.6 Å². The zero-order valence-electron chi connectivity index (χ0n) is 9.82. The van der Waals surface area contributed by atoms with Gasteiger partial charge in [0.25, 0.3) is 10.0 Å². The number of nitrogens with one attached hydrogen (secondary N) is 1. The van der Waals surface area contributed by atoms with E-state index in [1.54, 1.807) is 24.3 Å². The lowest BCUT2D eigenvalue weighted by Crippen LogP contribution is -2.12. The van der Waals surface area contributed by atoms with Crippen LogP contribution in [0.5, 0.6) is 0 Å². The molecule has 6 nitrogen and oxygen atoms in total. The van der Waals surface area contributed by atoms with Crippen LogP contribution < -0.4 is 4.72 Å². The van der Waals surface area contributed by atoms with E-state index in [4.69, 9.17) is 5.11 Å². The molecule has 0 amide bonds. The van der Waals surface area contributed by atoms with Gasteiger partial charge in [0.15, 0.2) is 0 Å². The second-order valence-electron chi connectivity index (χ2n) is 3.75. The van der Waals surface area contributed by atoms with Crippen LogP contribution >= 0.6 is 15.9 Å². The van der Waals surface area contributed by atoms with Crippen molar-refractivity contribution in [3.8, 4) is 0 Å². The summed E-state index contributed by atoms with van der Waals surface area (Å²) in [6.07, 6.45) is 2.62. The maximum absolute atomic E-state index is 12.1. The summed E-state index contributed by atoms with van der Waals surface area (Å²) in [5, 5.41) is 12.6. The largest absolute Gasteiger partial charge is 0.394 e. The molecule has 0 aliphatic carbocycles. The molecule has 0 unspecified atom stereocenters. The van der Waals surface area contributed by atoms with Crippen LogP contribution in [0.1, 0.15) is 0 Å². The number of para-hydroxylation sites is 1. The van der Waals surface area contributed by atoms with E-state index in [0.717, 1.165) is 0 Å². The van der Waals surface area contributed by atoms with Crippen molar-refractivity contribution in [1.82, 2.24) is 9.78 Å². The molecule has 2 aromatic rings. The lowest BCUT2D eigenvalue weighted by atomic mass is 10.3. The number of nitrogens with zero attached hydrogens (tertiary/aromatic N) is 2. The van der Waals surface area contributed by atoms with Crippen molar-refractivity contribution in [3.05, 3.63) is 41.1 Å². The molecule has 1 aromatic carbocycles. The van der Waals surface area contributed by atoms with Crippen molar-refractivity contribution in [2.75, 3.05) is 11.3 Å². The smallest absolute Gasteiger partial charge is 0.265 e. The second-order valence-corrected chi connectivity index (χ2v) is 6.28. The first-order valence-electron chi connectivity index (χ1n) is 5.43. The first kappa shape index (κ1) is 14.0. The molecule has 0 atom stereocenters. The minimum atomic E-state index is -3.68. The summed E-state index contributed by atoms with van der Waals surface area (Å²) in [5.74, 6) is 0. The molecule has 2 rings (SSSR count). The van der Waals surface area contributed by atoms with E-state index in [1.807, 2.05) is 0 Å². The number of benzene rings is 1. The SMILES string of the molecule is O=S(=O)(Nc1ccccc1Br)c1cnn(CCO)c1. The van der Waals surface area contributed by atoms with E-state index in [1.165, 1.54) is 17.1 Å². The quantitative estimate of drug-likeness (QED) is 0.858. The number of aliphatic hydroxyl groups excluding tert-OH is 1. The van der Waals surface area contributed by atoms with Crippen LogP contribution in [0.3, 0.4) is 0 Å². The molecular weight excluding hydrogens is 334 g/mol. The first-order valence-corrected chi connectivity index (χ1v) is 7.71. The number of rotatable bonds is 5. The third kappa shape index (κ3) is 3.34. The van der Waals surface area contributed by atoms with Crippen molar-refractivity contribution in [2.24, 2.45) is 0 Å². The molecule has 0 saturated heterocycles. The van der Waals surface area contributed by atoms with Crippen molar-refractivity contribution < 1.29 is 13.5 Å². The predicted octanol–water partition coefficient (Wildman–Crippen LogP) is 1.44. The Bertz CT molecular complexity index is 669. The van der Waals surface area contributed by atoms with Gasteiger partial charge < -0.3 is 5.11 Å². The fourth-order valence-electron chi connectivity index (χ4n) is 1.46. The Hall–Kier alpha value is -1.38. The average molecular weight is 346 g/mol. The second kappa shape index (κ2) is 5.72. The van der Waals surface area contributed by atoms with Crippen LogP contribution in [0.15, 0.2) is 46.0 Å². The van der Waals surface area contributed by atoms with Crippen molar-refractivity contribution in [2.45, 2.75) is 11.4 Å². The summed E-state index contributed by atoms with van der Waals surface area (Å²) >= 11 is 3.27. The highest BCUT2D eigenvalue weighted by molar-refractivity contribution is 9.10.